The van der Waals surface area contributed by atoms with Crippen molar-refractivity contribution in [3.05, 3.63) is 35.2 Å². The Morgan fingerprint density at radius 3 is 2.78 bits per heavy atom. The van der Waals surface area contributed by atoms with Crippen LogP contribution < -0.4 is 5.32 Å². The first-order chi connectivity index (χ1) is 10.9. The number of aromatic nitrogens is 1. The number of rotatable bonds is 6. The van der Waals surface area contributed by atoms with Crippen LogP contribution in [0.25, 0.3) is 11.3 Å². The fraction of sp³-hybridized carbons (Fsp3) is 0.375. The van der Waals surface area contributed by atoms with Crippen LogP contribution in [0.5, 0.6) is 0 Å². The number of halogens is 2. The van der Waals surface area contributed by atoms with Crippen molar-refractivity contribution in [3.8, 4) is 11.3 Å². The standard InChI is InChI=1S/C16H19F2N3OS/c1-4-10(2)21(3)8-15(22)20-16-19-14(9-23-16)11-5-6-12(17)13(18)7-11/h5-7,9-10H,4,8H2,1-3H3,(H,19,20,22). The number of thiazole rings is 1. The minimum Gasteiger partial charge on any atom is -0.301 e. The van der Waals surface area contributed by atoms with Gasteiger partial charge in [-0.3, -0.25) is 9.69 Å². The van der Waals surface area contributed by atoms with E-state index >= 15 is 0 Å². The van der Waals surface area contributed by atoms with Crippen LogP contribution in [0.2, 0.25) is 0 Å². The lowest BCUT2D eigenvalue weighted by Gasteiger charge is -2.22. The lowest BCUT2D eigenvalue weighted by atomic mass is 10.2. The molecule has 2 rings (SSSR count). The van der Waals surface area contributed by atoms with Gasteiger partial charge in [0.1, 0.15) is 0 Å². The molecule has 0 saturated carbocycles. The Hall–Kier alpha value is -1.86. The molecule has 0 bridgehead atoms. The molecule has 23 heavy (non-hydrogen) atoms. The second kappa shape index (κ2) is 7.61. The predicted octanol–water partition coefficient (Wildman–Crippen LogP) is 3.76. The number of likely N-dealkylation sites (N-methyl/N-ethyl adjacent to an activating group) is 1. The van der Waals surface area contributed by atoms with E-state index in [4.69, 9.17) is 0 Å². The number of anilines is 1. The molecule has 0 aliphatic carbocycles. The largest absolute Gasteiger partial charge is 0.301 e. The molecule has 1 aromatic carbocycles. The van der Waals surface area contributed by atoms with Crippen molar-refractivity contribution in [2.24, 2.45) is 0 Å². The van der Waals surface area contributed by atoms with E-state index in [-0.39, 0.29) is 12.5 Å². The number of hydrogen-bond acceptors (Lipinski definition) is 4. The summed E-state index contributed by atoms with van der Waals surface area (Å²) in [5, 5.41) is 4.86. The van der Waals surface area contributed by atoms with Gasteiger partial charge in [0.05, 0.1) is 12.2 Å². The molecule has 0 fully saturated rings. The highest BCUT2D eigenvalue weighted by atomic mass is 32.1. The Balaban J connectivity index is 2.02. The number of hydrogen-bond donors (Lipinski definition) is 1. The summed E-state index contributed by atoms with van der Waals surface area (Å²) in [5.41, 5.74) is 0.969. The van der Waals surface area contributed by atoms with E-state index in [9.17, 15) is 13.6 Å². The smallest absolute Gasteiger partial charge is 0.240 e. The van der Waals surface area contributed by atoms with Crippen LogP contribution in [-0.4, -0.2) is 35.4 Å². The van der Waals surface area contributed by atoms with Gasteiger partial charge in [-0.1, -0.05) is 6.92 Å². The van der Waals surface area contributed by atoms with Crippen LogP contribution in [-0.2, 0) is 4.79 Å². The van der Waals surface area contributed by atoms with E-state index < -0.39 is 11.6 Å². The topological polar surface area (TPSA) is 45.2 Å². The zero-order valence-electron chi connectivity index (χ0n) is 13.3. The molecule has 1 amide bonds. The molecule has 1 heterocycles. The molecule has 124 valence electrons. The van der Waals surface area contributed by atoms with E-state index in [1.165, 1.54) is 17.4 Å². The molecule has 1 atom stereocenters. The average molecular weight is 339 g/mol. The van der Waals surface area contributed by atoms with E-state index in [1.54, 1.807) is 5.38 Å². The second-order valence-corrected chi connectivity index (χ2v) is 6.25. The molecule has 0 spiro atoms. The number of benzene rings is 1. The van der Waals surface area contributed by atoms with E-state index in [1.807, 2.05) is 11.9 Å². The molecular weight excluding hydrogens is 320 g/mol. The first-order valence-corrected chi connectivity index (χ1v) is 8.19. The number of amides is 1. The third-order valence-corrected chi connectivity index (χ3v) is 4.46. The summed E-state index contributed by atoms with van der Waals surface area (Å²) < 4.78 is 26.2. The summed E-state index contributed by atoms with van der Waals surface area (Å²) in [4.78, 5) is 18.2. The van der Waals surface area contributed by atoms with Crippen LogP contribution in [0, 0.1) is 11.6 Å². The summed E-state index contributed by atoms with van der Waals surface area (Å²) in [6.45, 7) is 4.39. The third kappa shape index (κ3) is 4.56. The predicted molar refractivity (Wildman–Crippen MR) is 88.5 cm³/mol. The molecule has 0 aliphatic heterocycles. The van der Waals surface area contributed by atoms with Gasteiger partial charge < -0.3 is 5.32 Å². The van der Waals surface area contributed by atoms with Gasteiger partial charge in [-0.2, -0.15) is 0 Å². The molecular formula is C16H19F2N3OS. The molecule has 1 N–H and O–H groups in total. The highest BCUT2D eigenvalue weighted by molar-refractivity contribution is 7.14. The van der Waals surface area contributed by atoms with Gasteiger partial charge in [-0.05, 0) is 38.6 Å². The van der Waals surface area contributed by atoms with Gasteiger partial charge in [-0.15, -0.1) is 11.3 Å². The van der Waals surface area contributed by atoms with Gasteiger partial charge in [0.25, 0.3) is 0 Å². The number of nitrogens with one attached hydrogen (secondary N) is 1. The molecule has 1 aromatic heterocycles. The highest BCUT2D eigenvalue weighted by Gasteiger charge is 2.14. The quantitative estimate of drug-likeness (QED) is 0.872. The number of nitrogens with zero attached hydrogens (tertiary/aromatic N) is 2. The van der Waals surface area contributed by atoms with Crippen molar-refractivity contribution in [1.82, 2.24) is 9.88 Å². The molecule has 1 unspecified atom stereocenters. The molecule has 2 aromatic rings. The maximum Gasteiger partial charge on any atom is 0.240 e. The Bertz CT molecular complexity index is 690. The Morgan fingerprint density at radius 2 is 2.13 bits per heavy atom. The van der Waals surface area contributed by atoms with Gasteiger partial charge in [0.2, 0.25) is 5.91 Å². The molecule has 0 radical (unpaired) electrons. The Labute approximate surface area is 138 Å². The molecule has 0 saturated heterocycles. The van der Waals surface area contributed by atoms with Gasteiger partial charge in [0.15, 0.2) is 16.8 Å². The SMILES string of the molecule is CCC(C)N(C)CC(=O)Nc1nc(-c2ccc(F)c(F)c2)cs1. The van der Waals surface area contributed by atoms with E-state index in [2.05, 4.69) is 24.1 Å². The summed E-state index contributed by atoms with van der Waals surface area (Å²) in [6.07, 6.45) is 0.960. The first kappa shape index (κ1) is 17.5. The monoisotopic (exact) mass is 339 g/mol. The lowest BCUT2D eigenvalue weighted by Crippen LogP contribution is -2.36. The Kier molecular flexibility index (Phi) is 5.79. The second-order valence-electron chi connectivity index (χ2n) is 5.39. The zero-order valence-corrected chi connectivity index (χ0v) is 14.1. The molecule has 4 nitrogen and oxygen atoms in total. The van der Waals surface area contributed by atoms with Crippen molar-refractivity contribution in [3.63, 3.8) is 0 Å². The zero-order chi connectivity index (χ0) is 17.0. The van der Waals surface area contributed by atoms with Crippen molar-refractivity contribution < 1.29 is 13.6 Å². The van der Waals surface area contributed by atoms with E-state index in [0.717, 1.165) is 18.6 Å². The van der Waals surface area contributed by atoms with Crippen molar-refractivity contribution in [2.45, 2.75) is 26.3 Å². The van der Waals surface area contributed by atoms with Crippen LogP contribution in [0.4, 0.5) is 13.9 Å². The van der Waals surface area contributed by atoms with Crippen LogP contribution in [0.15, 0.2) is 23.6 Å². The van der Waals surface area contributed by atoms with Gasteiger partial charge >= 0.3 is 0 Å². The van der Waals surface area contributed by atoms with Crippen molar-refractivity contribution in [1.29, 1.82) is 0 Å². The summed E-state index contributed by atoms with van der Waals surface area (Å²) in [6, 6.07) is 3.92. The van der Waals surface area contributed by atoms with Gasteiger partial charge in [-0.25, -0.2) is 13.8 Å². The Morgan fingerprint density at radius 1 is 1.39 bits per heavy atom. The number of carbonyl (C=O) groups is 1. The maximum absolute atomic E-state index is 13.3. The minimum atomic E-state index is -0.920. The molecule has 7 heteroatoms. The fourth-order valence-electron chi connectivity index (χ4n) is 1.97. The van der Waals surface area contributed by atoms with Crippen molar-refractivity contribution in [2.75, 3.05) is 18.9 Å². The maximum atomic E-state index is 13.3. The number of carbonyl (C=O) groups excluding carboxylic acids is 1. The average Bonchev–Trinajstić information content (AvgIpc) is 2.97. The summed E-state index contributed by atoms with van der Waals surface area (Å²) >= 11 is 1.25. The van der Waals surface area contributed by atoms with Crippen LogP contribution in [0.1, 0.15) is 20.3 Å². The minimum absolute atomic E-state index is 0.154. The fourth-order valence-corrected chi connectivity index (χ4v) is 2.71. The normalized spacial score (nSPS) is 12.4. The van der Waals surface area contributed by atoms with E-state index in [0.29, 0.717) is 22.4 Å². The van der Waals surface area contributed by atoms with Crippen LogP contribution in [0.3, 0.4) is 0 Å². The van der Waals surface area contributed by atoms with Gasteiger partial charge in [0, 0.05) is 17.0 Å². The first-order valence-electron chi connectivity index (χ1n) is 7.31. The molecule has 0 aliphatic rings. The highest BCUT2D eigenvalue weighted by Crippen LogP contribution is 2.26. The summed E-state index contributed by atoms with van der Waals surface area (Å²) in [7, 11) is 1.89. The van der Waals surface area contributed by atoms with Crippen LogP contribution >= 0.6 is 11.3 Å². The third-order valence-electron chi connectivity index (χ3n) is 3.70. The van der Waals surface area contributed by atoms with Crippen molar-refractivity contribution >= 4 is 22.4 Å². The lowest BCUT2D eigenvalue weighted by molar-refractivity contribution is -0.117. The summed E-state index contributed by atoms with van der Waals surface area (Å²) in [5.74, 6) is -1.97.